The van der Waals surface area contributed by atoms with Gasteiger partial charge in [0.2, 0.25) is 0 Å². The molecule has 0 aromatic heterocycles. The molecule has 0 spiro atoms. The van der Waals surface area contributed by atoms with E-state index in [0.29, 0.717) is 6.42 Å². The van der Waals surface area contributed by atoms with Gasteiger partial charge in [-0.1, -0.05) is 75.5 Å². The maximum absolute atomic E-state index is 10.3. The summed E-state index contributed by atoms with van der Waals surface area (Å²) >= 11 is 0. The number of aliphatic carboxylic acids is 1. The van der Waals surface area contributed by atoms with Crippen molar-refractivity contribution in [1.29, 1.82) is 0 Å². The minimum atomic E-state index is -0.670. The lowest BCUT2D eigenvalue weighted by Gasteiger charge is -1.99. The molecule has 0 saturated carbocycles. The van der Waals surface area contributed by atoms with Gasteiger partial charge in [-0.3, -0.25) is 4.79 Å². The number of carbonyl (C=O) groups is 1. The topological polar surface area (TPSA) is 37.3 Å². The van der Waals surface area contributed by atoms with Gasteiger partial charge in [-0.15, -0.1) is 0 Å². The van der Waals surface area contributed by atoms with Crippen molar-refractivity contribution < 1.29 is 9.90 Å². The zero-order valence-corrected chi connectivity index (χ0v) is 12.9. The van der Waals surface area contributed by atoms with Crippen LogP contribution in [0, 0.1) is 0 Å². The second kappa shape index (κ2) is 15.7. The van der Waals surface area contributed by atoms with Crippen LogP contribution in [0.1, 0.15) is 71.1 Å². The van der Waals surface area contributed by atoms with Gasteiger partial charge in [0.05, 0.1) is 0 Å². The minimum Gasteiger partial charge on any atom is -0.481 e. The van der Waals surface area contributed by atoms with Gasteiger partial charge in [0.1, 0.15) is 0 Å². The summed E-state index contributed by atoms with van der Waals surface area (Å²) in [5.41, 5.74) is 0. The van der Waals surface area contributed by atoms with Crippen LogP contribution in [-0.2, 0) is 4.79 Å². The lowest BCUT2D eigenvalue weighted by Crippen LogP contribution is -1.93. The molecule has 0 rings (SSSR count). The summed E-state index contributed by atoms with van der Waals surface area (Å²) in [5, 5.41) is 8.50. The van der Waals surface area contributed by atoms with Crippen LogP contribution in [0.25, 0.3) is 0 Å². The first-order valence-electron chi connectivity index (χ1n) is 7.97. The molecule has 0 aromatic carbocycles. The minimum absolute atomic E-state index is 0.325. The van der Waals surface area contributed by atoms with E-state index >= 15 is 0 Å². The van der Waals surface area contributed by atoms with Gasteiger partial charge in [-0.05, 0) is 25.7 Å². The Balaban J connectivity index is 3.20. The van der Waals surface area contributed by atoms with E-state index in [2.05, 4.69) is 43.4 Å². The smallest absolute Gasteiger partial charge is 0.303 e. The molecule has 1 N–H and O–H groups in total. The van der Waals surface area contributed by atoms with Crippen molar-refractivity contribution in [2.45, 2.75) is 71.1 Å². The summed E-state index contributed by atoms with van der Waals surface area (Å²) < 4.78 is 0. The van der Waals surface area contributed by atoms with Gasteiger partial charge in [0.25, 0.3) is 0 Å². The van der Waals surface area contributed by atoms with Crippen LogP contribution in [-0.4, -0.2) is 11.1 Å². The van der Waals surface area contributed by atoms with Crippen molar-refractivity contribution in [3.63, 3.8) is 0 Å². The molecule has 0 aliphatic heterocycles. The number of hydrogen-bond acceptors (Lipinski definition) is 1. The number of hydrogen-bond donors (Lipinski definition) is 1. The van der Waals surface area contributed by atoms with E-state index in [4.69, 9.17) is 5.11 Å². The Labute approximate surface area is 124 Å². The molecule has 0 fully saturated rings. The number of allylic oxidation sites excluding steroid dienone is 6. The largest absolute Gasteiger partial charge is 0.481 e. The Hall–Kier alpha value is -1.31. The predicted molar refractivity (Wildman–Crippen MR) is 86.9 cm³/mol. The van der Waals surface area contributed by atoms with E-state index in [1.54, 1.807) is 0 Å². The standard InChI is InChI=1S/C18H30O2/c1-2-3-4-5-6-7-8-9-10-11-12-13-14-15-16-17-18(19)20/h3-8H,2,9-17H2,1H3,(H,19,20). The van der Waals surface area contributed by atoms with Gasteiger partial charge in [0.15, 0.2) is 0 Å². The molecule has 0 atom stereocenters. The normalized spacial score (nSPS) is 12.1. The zero-order valence-electron chi connectivity index (χ0n) is 12.9. The molecule has 0 aliphatic carbocycles. The second-order valence-corrected chi connectivity index (χ2v) is 5.06. The van der Waals surface area contributed by atoms with E-state index in [1.807, 2.05) is 0 Å². The maximum Gasteiger partial charge on any atom is 0.303 e. The molecule has 2 heteroatoms. The molecule has 0 amide bonds. The molecule has 0 unspecified atom stereocenters. The number of rotatable bonds is 13. The van der Waals surface area contributed by atoms with Crippen molar-refractivity contribution in [3.05, 3.63) is 36.5 Å². The van der Waals surface area contributed by atoms with Crippen molar-refractivity contribution in [2.75, 3.05) is 0 Å². The third kappa shape index (κ3) is 16.7. The van der Waals surface area contributed by atoms with Crippen molar-refractivity contribution in [2.24, 2.45) is 0 Å². The molecule has 0 heterocycles. The van der Waals surface area contributed by atoms with E-state index in [0.717, 1.165) is 25.7 Å². The Morgan fingerprint density at radius 2 is 1.35 bits per heavy atom. The molecule has 0 aromatic rings. The first kappa shape index (κ1) is 18.7. The van der Waals surface area contributed by atoms with Gasteiger partial charge in [-0.25, -0.2) is 0 Å². The number of carboxylic acids is 1. The Morgan fingerprint density at radius 3 is 1.95 bits per heavy atom. The summed E-state index contributed by atoms with van der Waals surface area (Å²) in [6, 6.07) is 0. The lowest BCUT2D eigenvalue weighted by molar-refractivity contribution is -0.137. The molecule has 114 valence electrons. The fourth-order valence-electron chi connectivity index (χ4n) is 1.94. The molecular weight excluding hydrogens is 248 g/mol. The van der Waals surface area contributed by atoms with E-state index < -0.39 is 5.97 Å². The highest BCUT2D eigenvalue weighted by atomic mass is 16.4. The lowest BCUT2D eigenvalue weighted by atomic mass is 10.1. The van der Waals surface area contributed by atoms with Crippen molar-refractivity contribution >= 4 is 5.97 Å². The molecular formula is C18H30O2. The highest BCUT2D eigenvalue weighted by Crippen LogP contribution is 2.09. The highest BCUT2D eigenvalue weighted by Gasteiger charge is 1.96. The summed E-state index contributed by atoms with van der Waals surface area (Å²) in [6.07, 6.45) is 23.4. The molecule has 0 saturated heterocycles. The summed E-state index contributed by atoms with van der Waals surface area (Å²) in [6.45, 7) is 2.13. The van der Waals surface area contributed by atoms with Crippen LogP contribution in [0.2, 0.25) is 0 Å². The maximum atomic E-state index is 10.3. The first-order valence-corrected chi connectivity index (χ1v) is 7.97. The van der Waals surface area contributed by atoms with Gasteiger partial charge in [-0.2, -0.15) is 0 Å². The Bertz CT molecular complexity index is 301. The van der Waals surface area contributed by atoms with Gasteiger partial charge in [0, 0.05) is 6.42 Å². The molecule has 0 aliphatic rings. The monoisotopic (exact) mass is 278 g/mol. The van der Waals surface area contributed by atoms with Crippen molar-refractivity contribution in [1.82, 2.24) is 0 Å². The van der Waals surface area contributed by atoms with Crippen molar-refractivity contribution in [3.8, 4) is 0 Å². The summed E-state index contributed by atoms with van der Waals surface area (Å²) in [5.74, 6) is -0.670. The number of unbranched alkanes of at least 4 members (excludes halogenated alkanes) is 7. The number of carboxylic acid groups (broad SMARTS) is 1. The Morgan fingerprint density at radius 1 is 0.800 bits per heavy atom. The average molecular weight is 278 g/mol. The fraction of sp³-hybridized carbons (Fsp3) is 0.611. The van der Waals surface area contributed by atoms with E-state index in [1.165, 1.54) is 32.1 Å². The van der Waals surface area contributed by atoms with Crippen LogP contribution >= 0.6 is 0 Å². The summed E-state index contributed by atoms with van der Waals surface area (Å²) in [4.78, 5) is 10.3. The van der Waals surface area contributed by atoms with Crippen LogP contribution in [0.3, 0.4) is 0 Å². The van der Waals surface area contributed by atoms with Crippen LogP contribution < -0.4 is 0 Å². The van der Waals surface area contributed by atoms with Gasteiger partial charge < -0.3 is 5.11 Å². The fourth-order valence-corrected chi connectivity index (χ4v) is 1.94. The highest BCUT2D eigenvalue weighted by molar-refractivity contribution is 5.66. The van der Waals surface area contributed by atoms with E-state index in [-0.39, 0.29) is 0 Å². The third-order valence-electron chi connectivity index (χ3n) is 3.10. The van der Waals surface area contributed by atoms with Gasteiger partial charge >= 0.3 is 5.97 Å². The molecule has 0 radical (unpaired) electrons. The zero-order chi connectivity index (χ0) is 14.9. The summed E-state index contributed by atoms with van der Waals surface area (Å²) in [7, 11) is 0. The SMILES string of the molecule is CCC=CC=CC=CCCCCCCCCCC(=O)O. The average Bonchev–Trinajstić information content (AvgIpc) is 2.43. The van der Waals surface area contributed by atoms with Crippen LogP contribution in [0.5, 0.6) is 0 Å². The van der Waals surface area contributed by atoms with E-state index in [9.17, 15) is 4.79 Å². The van der Waals surface area contributed by atoms with Crippen LogP contribution in [0.15, 0.2) is 36.5 Å². The quantitative estimate of drug-likeness (QED) is 0.348. The molecule has 2 nitrogen and oxygen atoms in total. The second-order valence-electron chi connectivity index (χ2n) is 5.06. The third-order valence-corrected chi connectivity index (χ3v) is 3.10. The first-order chi connectivity index (χ1) is 9.77. The van der Waals surface area contributed by atoms with Crippen LogP contribution in [0.4, 0.5) is 0 Å². The Kier molecular flexibility index (Phi) is 14.7. The predicted octanol–water partition coefficient (Wildman–Crippen LogP) is 5.66. The molecule has 0 bridgehead atoms. The molecule has 20 heavy (non-hydrogen) atoms.